The second-order valence-corrected chi connectivity index (χ2v) is 8.56. The average molecular weight is 399 g/mol. The number of thiophene rings is 1. The molecule has 0 spiro atoms. The van der Waals surface area contributed by atoms with Crippen molar-refractivity contribution in [2.45, 2.75) is 30.6 Å². The zero-order valence-corrected chi connectivity index (χ0v) is 15.9. The van der Waals surface area contributed by atoms with Gasteiger partial charge in [0, 0.05) is 4.88 Å². The molecule has 0 amide bonds. The van der Waals surface area contributed by atoms with Crippen LogP contribution < -0.4 is 9.46 Å². The lowest BCUT2D eigenvalue weighted by Crippen LogP contribution is -2.16. The molecule has 1 aromatic heterocycles. The van der Waals surface area contributed by atoms with E-state index in [0.29, 0.717) is 6.42 Å². The largest absolute Gasteiger partial charge is 0.495 e. The number of sulfonamides is 1. The van der Waals surface area contributed by atoms with Gasteiger partial charge in [-0.25, -0.2) is 17.6 Å². The highest BCUT2D eigenvalue weighted by Crippen LogP contribution is 2.40. The minimum Gasteiger partial charge on any atom is -0.495 e. The molecular formula is C17H18FNO5S2. The van der Waals surface area contributed by atoms with Crippen LogP contribution in [-0.4, -0.2) is 28.6 Å². The van der Waals surface area contributed by atoms with Crippen LogP contribution in [0.1, 0.15) is 33.6 Å². The number of nitrogens with one attached hydrogen (secondary N) is 1. The van der Waals surface area contributed by atoms with Crippen molar-refractivity contribution in [3.63, 3.8) is 0 Å². The van der Waals surface area contributed by atoms with Crippen molar-refractivity contribution in [3.8, 4) is 5.75 Å². The van der Waals surface area contributed by atoms with Crippen LogP contribution in [0.15, 0.2) is 23.1 Å². The molecule has 2 aromatic rings. The van der Waals surface area contributed by atoms with E-state index in [1.54, 1.807) is 0 Å². The van der Waals surface area contributed by atoms with Gasteiger partial charge >= 0.3 is 5.97 Å². The number of rotatable bonds is 5. The van der Waals surface area contributed by atoms with Crippen LogP contribution in [0.25, 0.3) is 0 Å². The number of carbonyl (C=O) groups is 1. The van der Waals surface area contributed by atoms with E-state index >= 15 is 0 Å². The fraction of sp³-hybridized carbons (Fsp3) is 0.353. The Morgan fingerprint density at radius 2 is 1.96 bits per heavy atom. The molecule has 0 saturated heterocycles. The molecule has 3 rings (SSSR count). The normalized spacial score (nSPS) is 13.8. The highest BCUT2D eigenvalue weighted by molar-refractivity contribution is 7.93. The van der Waals surface area contributed by atoms with Gasteiger partial charge in [0.2, 0.25) is 0 Å². The predicted molar refractivity (Wildman–Crippen MR) is 96.1 cm³/mol. The van der Waals surface area contributed by atoms with E-state index in [-0.39, 0.29) is 21.2 Å². The van der Waals surface area contributed by atoms with E-state index in [9.17, 15) is 17.6 Å². The van der Waals surface area contributed by atoms with E-state index < -0.39 is 21.8 Å². The fourth-order valence-corrected chi connectivity index (χ4v) is 5.76. The monoisotopic (exact) mass is 399 g/mol. The molecule has 1 heterocycles. The van der Waals surface area contributed by atoms with Gasteiger partial charge in [-0.2, -0.15) is 0 Å². The van der Waals surface area contributed by atoms with Crippen molar-refractivity contribution in [1.82, 2.24) is 0 Å². The summed E-state index contributed by atoms with van der Waals surface area (Å²) in [4.78, 5) is 12.9. The number of ether oxygens (including phenoxy) is 2. The van der Waals surface area contributed by atoms with Gasteiger partial charge in [-0.3, -0.25) is 4.72 Å². The van der Waals surface area contributed by atoms with E-state index in [4.69, 9.17) is 9.47 Å². The summed E-state index contributed by atoms with van der Waals surface area (Å²) in [7, 11) is -1.60. The summed E-state index contributed by atoms with van der Waals surface area (Å²) >= 11 is 1.22. The maximum Gasteiger partial charge on any atom is 0.341 e. The lowest BCUT2D eigenvalue weighted by Gasteiger charge is -2.13. The Balaban J connectivity index is 2.07. The molecule has 6 nitrogen and oxygen atoms in total. The van der Waals surface area contributed by atoms with E-state index in [1.807, 2.05) is 0 Å². The summed E-state index contributed by atoms with van der Waals surface area (Å²) < 4.78 is 51.5. The van der Waals surface area contributed by atoms with Gasteiger partial charge in [-0.15, -0.1) is 11.3 Å². The van der Waals surface area contributed by atoms with Crippen LogP contribution in [0, 0.1) is 5.82 Å². The first-order valence-electron chi connectivity index (χ1n) is 7.96. The highest BCUT2D eigenvalue weighted by Gasteiger charge is 2.30. The van der Waals surface area contributed by atoms with Crippen LogP contribution in [0.4, 0.5) is 9.39 Å². The third-order valence-electron chi connectivity index (χ3n) is 4.20. The van der Waals surface area contributed by atoms with Crippen molar-refractivity contribution in [1.29, 1.82) is 0 Å². The minimum absolute atomic E-state index is 0.0137. The van der Waals surface area contributed by atoms with Crippen LogP contribution in [0.5, 0.6) is 5.75 Å². The SMILES string of the molecule is COC(=O)c1c(NS(=O)(=O)c2cc(F)ccc2OC)sc2c1CCCC2. The standard InChI is InChI=1S/C17H18FNO5S2/c1-23-12-8-7-10(18)9-14(12)26(21,22)19-16-15(17(20)24-2)11-5-3-4-6-13(11)25-16/h7-9,19H,3-6H2,1-2H3. The Kier molecular flexibility index (Phi) is 5.19. The molecule has 0 saturated carbocycles. The van der Waals surface area contributed by atoms with E-state index in [0.717, 1.165) is 41.8 Å². The topological polar surface area (TPSA) is 81.7 Å². The van der Waals surface area contributed by atoms with Crippen molar-refractivity contribution < 1.29 is 27.1 Å². The Bertz CT molecular complexity index is 952. The van der Waals surface area contributed by atoms with Gasteiger partial charge in [0.15, 0.2) is 0 Å². The fourth-order valence-electron chi connectivity index (χ4n) is 2.99. The van der Waals surface area contributed by atoms with Crippen LogP contribution >= 0.6 is 11.3 Å². The number of methoxy groups -OCH3 is 2. The molecule has 26 heavy (non-hydrogen) atoms. The van der Waals surface area contributed by atoms with Crippen molar-refractivity contribution in [3.05, 3.63) is 40.0 Å². The predicted octanol–water partition coefficient (Wildman–Crippen LogP) is 3.36. The summed E-state index contributed by atoms with van der Waals surface area (Å²) in [5.41, 5.74) is 1.07. The van der Waals surface area contributed by atoms with Gasteiger partial charge in [0.05, 0.1) is 19.8 Å². The van der Waals surface area contributed by atoms with Gasteiger partial charge in [0.25, 0.3) is 10.0 Å². The van der Waals surface area contributed by atoms with Gasteiger partial charge in [-0.05, 0) is 49.4 Å². The first-order chi connectivity index (χ1) is 12.4. The first kappa shape index (κ1) is 18.7. The van der Waals surface area contributed by atoms with Gasteiger partial charge < -0.3 is 9.47 Å². The molecule has 1 aliphatic rings. The molecule has 0 atom stereocenters. The Hall–Kier alpha value is -2.13. The van der Waals surface area contributed by atoms with Crippen LogP contribution in [-0.2, 0) is 27.6 Å². The summed E-state index contributed by atoms with van der Waals surface area (Å²) in [5, 5.41) is 0.190. The second kappa shape index (κ2) is 7.24. The molecule has 9 heteroatoms. The van der Waals surface area contributed by atoms with Crippen molar-refractivity contribution in [2.24, 2.45) is 0 Å². The number of anilines is 1. The smallest absolute Gasteiger partial charge is 0.341 e. The molecular weight excluding hydrogens is 381 g/mol. The van der Waals surface area contributed by atoms with Crippen molar-refractivity contribution in [2.75, 3.05) is 18.9 Å². The molecule has 0 aliphatic heterocycles. The number of hydrogen-bond donors (Lipinski definition) is 1. The summed E-state index contributed by atoms with van der Waals surface area (Å²) in [5.74, 6) is -1.28. The van der Waals surface area contributed by atoms with E-state index in [1.165, 1.54) is 31.6 Å². The van der Waals surface area contributed by atoms with Gasteiger partial charge in [0.1, 0.15) is 21.5 Å². The lowest BCUT2D eigenvalue weighted by molar-refractivity contribution is 0.0601. The molecule has 140 valence electrons. The molecule has 0 bridgehead atoms. The number of halogens is 1. The van der Waals surface area contributed by atoms with Gasteiger partial charge in [-0.1, -0.05) is 0 Å². The number of aryl methyl sites for hydroxylation is 1. The Morgan fingerprint density at radius 1 is 1.23 bits per heavy atom. The Labute approximate surface area is 155 Å². The zero-order valence-electron chi connectivity index (χ0n) is 14.3. The number of benzene rings is 1. The maximum atomic E-state index is 13.6. The van der Waals surface area contributed by atoms with Crippen molar-refractivity contribution >= 4 is 32.3 Å². The lowest BCUT2D eigenvalue weighted by atomic mass is 9.95. The molecule has 1 aliphatic carbocycles. The number of esters is 1. The minimum atomic E-state index is -4.15. The zero-order chi connectivity index (χ0) is 18.9. The highest BCUT2D eigenvalue weighted by atomic mass is 32.2. The third-order valence-corrected chi connectivity index (χ3v) is 6.91. The number of fused-ring (bicyclic) bond motifs is 1. The number of carbonyl (C=O) groups excluding carboxylic acids is 1. The average Bonchev–Trinajstić information content (AvgIpc) is 2.98. The molecule has 0 fully saturated rings. The quantitative estimate of drug-likeness (QED) is 0.780. The second-order valence-electron chi connectivity index (χ2n) is 5.81. The molecule has 1 aromatic carbocycles. The third kappa shape index (κ3) is 3.41. The number of hydrogen-bond acceptors (Lipinski definition) is 6. The Morgan fingerprint density at radius 3 is 2.65 bits per heavy atom. The summed E-state index contributed by atoms with van der Waals surface area (Å²) in [6.07, 6.45) is 3.39. The molecule has 0 radical (unpaired) electrons. The molecule has 0 unspecified atom stereocenters. The first-order valence-corrected chi connectivity index (χ1v) is 10.3. The van der Waals surface area contributed by atoms with E-state index in [2.05, 4.69) is 4.72 Å². The molecule has 1 N–H and O–H groups in total. The van der Waals surface area contributed by atoms with Crippen LogP contribution in [0.3, 0.4) is 0 Å². The summed E-state index contributed by atoms with van der Waals surface area (Å²) in [6.45, 7) is 0. The summed E-state index contributed by atoms with van der Waals surface area (Å²) in [6, 6.07) is 3.23. The maximum absolute atomic E-state index is 13.6. The van der Waals surface area contributed by atoms with Crippen LogP contribution in [0.2, 0.25) is 0 Å².